The Morgan fingerprint density at radius 3 is 2.33 bits per heavy atom. The second-order valence-electron chi connectivity index (χ2n) is 8.29. The minimum absolute atomic E-state index is 0.0265. The van der Waals surface area contributed by atoms with E-state index in [1.54, 1.807) is 6.92 Å². The van der Waals surface area contributed by atoms with Crippen LogP contribution < -0.4 is 5.32 Å². The molecule has 0 bridgehead atoms. The van der Waals surface area contributed by atoms with Crippen LogP contribution in [0, 0.1) is 5.92 Å². The minimum Gasteiger partial charge on any atom is -0.480 e. The van der Waals surface area contributed by atoms with Crippen LogP contribution in [0.2, 0.25) is 0 Å². The van der Waals surface area contributed by atoms with Gasteiger partial charge in [0.15, 0.2) is 0 Å². The number of carboxylic acids is 1. The third-order valence-electron chi connectivity index (χ3n) is 6.33. The molecule has 174 valence electrons. The average Bonchev–Trinajstić information content (AvgIpc) is 3.42. The van der Waals surface area contributed by atoms with Crippen LogP contribution in [0.25, 0.3) is 11.1 Å². The van der Waals surface area contributed by atoms with Gasteiger partial charge < -0.3 is 24.8 Å². The Labute approximate surface area is 192 Å². The molecule has 8 nitrogen and oxygen atoms in total. The van der Waals surface area contributed by atoms with Gasteiger partial charge in [-0.15, -0.1) is 0 Å². The van der Waals surface area contributed by atoms with Crippen molar-refractivity contribution in [3.05, 3.63) is 59.7 Å². The zero-order valence-corrected chi connectivity index (χ0v) is 18.5. The monoisotopic (exact) mass is 452 g/mol. The molecule has 0 unspecified atom stereocenters. The van der Waals surface area contributed by atoms with Crippen LogP contribution in [0.4, 0.5) is 4.79 Å². The zero-order chi connectivity index (χ0) is 23.4. The molecule has 2 aliphatic rings. The number of carbonyl (C=O) groups is 3. The maximum atomic E-state index is 12.7. The SMILES string of the molecule is CCN(CC(=O)O)C(=O)[C@H]1OCC[C@H]1CNC(=O)OCC1c2ccccc2-c2ccccc21. The summed E-state index contributed by atoms with van der Waals surface area (Å²) in [5.74, 6) is -1.70. The number of alkyl carbamates (subject to hydrolysis) is 1. The molecule has 0 radical (unpaired) electrons. The second kappa shape index (κ2) is 10.0. The fraction of sp³-hybridized carbons (Fsp3) is 0.400. The first-order valence-corrected chi connectivity index (χ1v) is 11.2. The summed E-state index contributed by atoms with van der Waals surface area (Å²) < 4.78 is 11.1. The maximum absolute atomic E-state index is 12.7. The summed E-state index contributed by atoms with van der Waals surface area (Å²) in [6.07, 6.45) is -0.712. The van der Waals surface area contributed by atoms with Gasteiger partial charge in [0, 0.05) is 31.5 Å². The lowest BCUT2D eigenvalue weighted by Crippen LogP contribution is -2.46. The molecule has 2 amide bonds. The van der Waals surface area contributed by atoms with Crippen molar-refractivity contribution in [2.45, 2.75) is 25.4 Å². The van der Waals surface area contributed by atoms with Gasteiger partial charge in [-0.1, -0.05) is 48.5 Å². The highest BCUT2D eigenvalue weighted by Gasteiger charge is 2.37. The molecule has 0 aromatic heterocycles. The molecule has 1 heterocycles. The van der Waals surface area contributed by atoms with E-state index in [1.165, 1.54) is 4.90 Å². The molecule has 2 N–H and O–H groups in total. The lowest BCUT2D eigenvalue weighted by molar-refractivity contribution is -0.150. The van der Waals surface area contributed by atoms with Crippen molar-refractivity contribution in [2.75, 3.05) is 32.8 Å². The highest BCUT2D eigenvalue weighted by Crippen LogP contribution is 2.44. The van der Waals surface area contributed by atoms with Crippen molar-refractivity contribution in [2.24, 2.45) is 5.92 Å². The second-order valence-corrected chi connectivity index (χ2v) is 8.29. The number of hydrogen-bond acceptors (Lipinski definition) is 5. The van der Waals surface area contributed by atoms with Crippen molar-refractivity contribution < 1.29 is 29.0 Å². The summed E-state index contributed by atoms with van der Waals surface area (Å²) in [7, 11) is 0. The fourth-order valence-electron chi connectivity index (χ4n) is 4.67. The standard InChI is InChI=1S/C25H28N2O6/c1-2-27(14-22(28)29)24(30)23-16(11-12-32-23)13-26-25(31)33-15-21-19-9-5-3-7-17(19)18-8-4-6-10-20(18)21/h3-10,16,21,23H,2,11-15H2,1H3,(H,26,31)(H,28,29)/t16-,23-/m0/s1. The van der Waals surface area contributed by atoms with Crippen LogP contribution in [0.1, 0.15) is 30.4 Å². The predicted molar refractivity (Wildman–Crippen MR) is 121 cm³/mol. The molecular formula is C25H28N2O6. The van der Waals surface area contributed by atoms with Crippen molar-refractivity contribution in [3.63, 3.8) is 0 Å². The maximum Gasteiger partial charge on any atom is 0.407 e. The van der Waals surface area contributed by atoms with Crippen LogP contribution in [-0.4, -0.2) is 66.9 Å². The first kappa shape index (κ1) is 22.8. The molecule has 8 heteroatoms. The largest absolute Gasteiger partial charge is 0.480 e. The number of amides is 2. The van der Waals surface area contributed by atoms with E-state index in [2.05, 4.69) is 29.6 Å². The van der Waals surface area contributed by atoms with Gasteiger partial charge in [-0.05, 0) is 35.6 Å². The molecule has 0 spiro atoms. The van der Waals surface area contributed by atoms with Crippen molar-refractivity contribution in [3.8, 4) is 11.1 Å². The number of likely N-dealkylation sites (N-methyl/N-ethyl adjacent to an activating group) is 1. The van der Waals surface area contributed by atoms with Gasteiger partial charge in [-0.2, -0.15) is 0 Å². The van der Waals surface area contributed by atoms with Gasteiger partial charge in [0.05, 0.1) is 0 Å². The first-order chi connectivity index (χ1) is 16.0. The molecule has 1 saturated heterocycles. The van der Waals surface area contributed by atoms with E-state index in [0.29, 0.717) is 13.0 Å². The Balaban J connectivity index is 1.33. The molecule has 2 atom stereocenters. The van der Waals surface area contributed by atoms with E-state index in [1.807, 2.05) is 24.3 Å². The Morgan fingerprint density at radius 2 is 1.73 bits per heavy atom. The lowest BCUT2D eigenvalue weighted by Gasteiger charge is -2.25. The predicted octanol–water partition coefficient (Wildman–Crippen LogP) is 2.86. The van der Waals surface area contributed by atoms with E-state index >= 15 is 0 Å². The van der Waals surface area contributed by atoms with Crippen molar-refractivity contribution >= 4 is 18.0 Å². The summed E-state index contributed by atoms with van der Waals surface area (Å²) in [6.45, 7) is 2.44. The van der Waals surface area contributed by atoms with E-state index in [4.69, 9.17) is 14.6 Å². The van der Waals surface area contributed by atoms with E-state index < -0.39 is 18.2 Å². The van der Waals surface area contributed by atoms with Crippen LogP contribution in [0.3, 0.4) is 0 Å². The number of nitrogens with one attached hydrogen (secondary N) is 1. The molecule has 1 fully saturated rings. The van der Waals surface area contributed by atoms with Crippen LogP contribution >= 0.6 is 0 Å². The number of rotatable bonds is 8. The van der Waals surface area contributed by atoms with E-state index in [-0.39, 0.29) is 44.0 Å². The third kappa shape index (κ3) is 4.85. The molecule has 0 saturated carbocycles. The number of benzene rings is 2. The number of carboxylic acid groups (broad SMARTS) is 1. The highest BCUT2D eigenvalue weighted by molar-refractivity contribution is 5.85. The van der Waals surface area contributed by atoms with Crippen molar-refractivity contribution in [1.29, 1.82) is 0 Å². The third-order valence-corrected chi connectivity index (χ3v) is 6.33. The van der Waals surface area contributed by atoms with Gasteiger partial charge in [0.2, 0.25) is 0 Å². The Kier molecular flexibility index (Phi) is 6.93. The molecule has 1 aliphatic carbocycles. The fourth-order valence-corrected chi connectivity index (χ4v) is 4.67. The van der Waals surface area contributed by atoms with Gasteiger partial charge in [-0.3, -0.25) is 9.59 Å². The smallest absolute Gasteiger partial charge is 0.407 e. The normalized spacial score (nSPS) is 18.9. The number of fused-ring (bicyclic) bond motifs is 3. The lowest BCUT2D eigenvalue weighted by atomic mass is 9.98. The summed E-state index contributed by atoms with van der Waals surface area (Å²) in [5.41, 5.74) is 4.60. The van der Waals surface area contributed by atoms with Crippen LogP contribution in [0.5, 0.6) is 0 Å². The number of ether oxygens (including phenoxy) is 2. The number of nitrogens with zero attached hydrogens (tertiary/aromatic N) is 1. The molecule has 33 heavy (non-hydrogen) atoms. The first-order valence-electron chi connectivity index (χ1n) is 11.2. The summed E-state index contributed by atoms with van der Waals surface area (Å²) in [5, 5.41) is 11.8. The molecule has 2 aromatic rings. The molecule has 2 aromatic carbocycles. The van der Waals surface area contributed by atoms with Crippen molar-refractivity contribution in [1.82, 2.24) is 10.2 Å². The Hall–Kier alpha value is -3.39. The number of aliphatic carboxylic acids is 1. The number of carbonyl (C=O) groups excluding carboxylic acids is 2. The topological polar surface area (TPSA) is 105 Å². The minimum atomic E-state index is -1.07. The summed E-state index contributed by atoms with van der Waals surface area (Å²) in [4.78, 5) is 37.4. The number of hydrogen-bond donors (Lipinski definition) is 2. The van der Waals surface area contributed by atoms with Gasteiger partial charge in [0.25, 0.3) is 5.91 Å². The van der Waals surface area contributed by atoms with Crippen LogP contribution in [-0.2, 0) is 19.1 Å². The van der Waals surface area contributed by atoms with Gasteiger partial charge in [0.1, 0.15) is 19.3 Å². The van der Waals surface area contributed by atoms with Gasteiger partial charge >= 0.3 is 12.1 Å². The summed E-state index contributed by atoms with van der Waals surface area (Å²) in [6, 6.07) is 16.3. The van der Waals surface area contributed by atoms with Gasteiger partial charge in [-0.25, -0.2) is 4.79 Å². The van der Waals surface area contributed by atoms with E-state index in [9.17, 15) is 14.4 Å². The molecular weight excluding hydrogens is 424 g/mol. The average molecular weight is 453 g/mol. The highest BCUT2D eigenvalue weighted by atomic mass is 16.5. The Bertz CT molecular complexity index is 994. The quantitative estimate of drug-likeness (QED) is 0.638. The van der Waals surface area contributed by atoms with Crippen LogP contribution in [0.15, 0.2) is 48.5 Å². The van der Waals surface area contributed by atoms with E-state index in [0.717, 1.165) is 22.3 Å². The Morgan fingerprint density at radius 1 is 1.09 bits per heavy atom. The zero-order valence-electron chi connectivity index (χ0n) is 18.5. The molecule has 4 rings (SSSR count). The summed E-state index contributed by atoms with van der Waals surface area (Å²) >= 11 is 0. The molecule has 1 aliphatic heterocycles.